The second kappa shape index (κ2) is 17.5. The Morgan fingerprint density at radius 2 is 1.65 bits per heavy atom. The number of hydrogen-bond acceptors (Lipinski definition) is 6. The Bertz CT molecular complexity index is 1510. The van der Waals surface area contributed by atoms with Crippen molar-refractivity contribution >= 4 is 35.0 Å². The van der Waals surface area contributed by atoms with Crippen LogP contribution in [0.1, 0.15) is 50.4 Å². The van der Waals surface area contributed by atoms with Crippen molar-refractivity contribution in [2.24, 2.45) is 5.92 Å². The second-order valence-electron chi connectivity index (χ2n) is 12.3. The minimum absolute atomic E-state index is 0.208. The van der Waals surface area contributed by atoms with Gasteiger partial charge >= 0.3 is 12.1 Å². The summed E-state index contributed by atoms with van der Waals surface area (Å²) in [6.07, 6.45) is 1.65. The third-order valence-corrected chi connectivity index (χ3v) is 8.24. The largest absolute Gasteiger partial charge is 0.490 e. The molecule has 258 valence electrons. The van der Waals surface area contributed by atoms with Crippen LogP contribution in [0.5, 0.6) is 5.75 Å². The topological polar surface area (TPSA) is 132 Å². The number of ether oxygens (including phenoxy) is 2. The zero-order valence-corrected chi connectivity index (χ0v) is 27.9. The zero-order chi connectivity index (χ0) is 34.6. The number of fused-ring (bicyclic) bond motifs is 1. The number of carbonyl (C=O) groups is 3. The van der Waals surface area contributed by atoms with Gasteiger partial charge < -0.3 is 40.3 Å². The van der Waals surface area contributed by atoms with E-state index in [1.807, 2.05) is 32.0 Å². The molecule has 3 aromatic carbocycles. The number of nitrogens with one attached hydrogen (secondary N) is 3. The number of hydrogen-bond donors (Lipinski definition) is 4. The van der Waals surface area contributed by atoms with Crippen molar-refractivity contribution in [1.29, 1.82) is 0 Å². The SMILES string of the molecule is C[C@H](CO)N1C[C@H](C)[C@@H](CN(C)C(=O)Nc2ccc(F)cc2)OCCCC[C@H](C)Oc2ccc(NC(=O)Nc3ccccc3)cc2C1=O. The molecule has 12 heteroatoms. The predicted molar refractivity (Wildman–Crippen MR) is 184 cm³/mol. The summed E-state index contributed by atoms with van der Waals surface area (Å²) in [6, 6.07) is 18.1. The van der Waals surface area contributed by atoms with Gasteiger partial charge in [0.25, 0.3) is 5.91 Å². The van der Waals surface area contributed by atoms with Crippen LogP contribution < -0.4 is 20.7 Å². The van der Waals surface area contributed by atoms with Crippen molar-refractivity contribution < 1.29 is 33.4 Å². The molecule has 0 unspecified atom stereocenters. The van der Waals surface area contributed by atoms with Gasteiger partial charge in [-0.3, -0.25) is 4.79 Å². The lowest BCUT2D eigenvalue weighted by atomic mass is 10.0. The molecule has 4 atom stereocenters. The number of likely N-dealkylation sites (N-methyl/N-ethyl adjacent to an activating group) is 1. The zero-order valence-electron chi connectivity index (χ0n) is 27.9. The first-order valence-corrected chi connectivity index (χ1v) is 16.3. The number of halogens is 1. The number of amides is 5. The van der Waals surface area contributed by atoms with E-state index >= 15 is 0 Å². The molecule has 0 aromatic heterocycles. The lowest BCUT2D eigenvalue weighted by Crippen LogP contribution is -2.48. The summed E-state index contributed by atoms with van der Waals surface area (Å²) in [5.41, 5.74) is 1.72. The van der Waals surface area contributed by atoms with E-state index in [1.165, 1.54) is 29.2 Å². The highest BCUT2D eigenvalue weighted by atomic mass is 19.1. The molecule has 0 aliphatic carbocycles. The number of carbonyl (C=O) groups excluding carboxylic acids is 3. The van der Waals surface area contributed by atoms with E-state index < -0.39 is 24.0 Å². The number of benzene rings is 3. The maximum atomic E-state index is 14.3. The molecule has 1 aliphatic heterocycles. The normalized spacial score (nSPS) is 19.6. The van der Waals surface area contributed by atoms with Crippen LogP contribution in [0.15, 0.2) is 72.8 Å². The van der Waals surface area contributed by atoms with E-state index in [4.69, 9.17) is 9.47 Å². The average Bonchev–Trinajstić information content (AvgIpc) is 3.07. The second-order valence-corrected chi connectivity index (χ2v) is 12.3. The first-order valence-electron chi connectivity index (χ1n) is 16.3. The molecule has 0 bridgehead atoms. The van der Waals surface area contributed by atoms with Gasteiger partial charge in [0.1, 0.15) is 11.6 Å². The van der Waals surface area contributed by atoms with E-state index in [-0.39, 0.29) is 49.2 Å². The molecule has 1 heterocycles. The maximum absolute atomic E-state index is 14.3. The molecule has 5 amide bonds. The number of anilines is 3. The average molecular weight is 664 g/mol. The van der Waals surface area contributed by atoms with E-state index in [2.05, 4.69) is 16.0 Å². The Hall–Kier alpha value is -4.68. The molecule has 48 heavy (non-hydrogen) atoms. The van der Waals surface area contributed by atoms with Crippen molar-refractivity contribution in [2.45, 2.75) is 58.3 Å². The van der Waals surface area contributed by atoms with Crippen LogP contribution in [0.4, 0.5) is 31.0 Å². The van der Waals surface area contributed by atoms with Gasteiger partial charge in [-0.25, -0.2) is 14.0 Å². The number of urea groups is 2. The highest BCUT2D eigenvalue weighted by molar-refractivity contribution is 6.02. The fourth-order valence-electron chi connectivity index (χ4n) is 5.38. The fraction of sp³-hybridized carbons (Fsp3) is 0.417. The van der Waals surface area contributed by atoms with E-state index in [1.54, 1.807) is 49.2 Å². The quantitative estimate of drug-likeness (QED) is 0.230. The molecule has 4 rings (SSSR count). The summed E-state index contributed by atoms with van der Waals surface area (Å²) < 4.78 is 25.9. The van der Waals surface area contributed by atoms with Crippen molar-refractivity contribution in [3.8, 4) is 5.75 Å². The minimum Gasteiger partial charge on any atom is -0.490 e. The molecule has 0 spiro atoms. The van der Waals surface area contributed by atoms with E-state index in [0.717, 1.165) is 12.8 Å². The number of aliphatic hydroxyl groups is 1. The Kier molecular flexibility index (Phi) is 13.2. The smallest absolute Gasteiger partial charge is 0.323 e. The Morgan fingerprint density at radius 1 is 0.979 bits per heavy atom. The van der Waals surface area contributed by atoms with Crippen molar-refractivity contribution in [3.05, 3.63) is 84.2 Å². The van der Waals surface area contributed by atoms with Crippen molar-refractivity contribution in [1.82, 2.24) is 9.80 Å². The Balaban J connectivity index is 1.57. The van der Waals surface area contributed by atoms with E-state index in [9.17, 15) is 23.9 Å². The van der Waals surface area contributed by atoms with Gasteiger partial charge in [-0.1, -0.05) is 25.1 Å². The Morgan fingerprint density at radius 3 is 2.35 bits per heavy atom. The van der Waals surface area contributed by atoms with Crippen LogP contribution in [-0.2, 0) is 4.74 Å². The lowest BCUT2D eigenvalue weighted by Gasteiger charge is -2.35. The highest BCUT2D eigenvalue weighted by Gasteiger charge is 2.31. The van der Waals surface area contributed by atoms with Crippen molar-refractivity contribution in [3.63, 3.8) is 0 Å². The molecule has 0 saturated heterocycles. The third kappa shape index (κ3) is 10.4. The summed E-state index contributed by atoms with van der Waals surface area (Å²) in [5.74, 6) is -0.653. The first-order chi connectivity index (χ1) is 23.0. The Labute approximate surface area is 281 Å². The summed E-state index contributed by atoms with van der Waals surface area (Å²) in [5, 5.41) is 18.5. The van der Waals surface area contributed by atoms with Crippen LogP contribution >= 0.6 is 0 Å². The molecule has 0 fully saturated rings. The minimum atomic E-state index is -0.559. The molecule has 11 nitrogen and oxygen atoms in total. The maximum Gasteiger partial charge on any atom is 0.323 e. The molecular formula is C36H46FN5O6. The highest BCUT2D eigenvalue weighted by Crippen LogP contribution is 2.29. The molecule has 4 N–H and O–H groups in total. The van der Waals surface area contributed by atoms with Gasteiger partial charge in [-0.05, 0) is 87.7 Å². The van der Waals surface area contributed by atoms with Crippen LogP contribution in [0.25, 0.3) is 0 Å². The van der Waals surface area contributed by atoms with Crippen LogP contribution in [0.2, 0.25) is 0 Å². The third-order valence-electron chi connectivity index (χ3n) is 8.24. The molecular weight excluding hydrogens is 617 g/mol. The standard InChI is InChI=1S/C36H46FN5O6/c1-24-21-42(25(2)23-43)34(44)31-20-30(39-35(45)38-28-11-6-5-7-12-28)17-18-32(31)48-26(3)10-8-9-19-47-33(24)22-41(4)36(46)40-29-15-13-27(37)14-16-29/h5-7,11-18,20,24-26,33,43H,8-10,19,21-23H2,1-4H3,(H,40,46)(H2,38,39,45)/t24-,25+,26-,33+/m0/s1. The summed E-state index contributed by atoms with van der Waals surface area (Å²) in [4.78, 5) is 43.2. The lowest BCUT2D eigenvalue weighted by molar-refractivity contribution is -0.0115. The number of rotatable bonds is 7. The molecule has 1 aliphatic rings. The molecule has 0 radical (unpaired) electrons. The van der Waals surface area contributed by atoms with Crippen molar-refractivity contribution in [2.75, 3.05) is 49.3 Å². The summed E-state index contributed by atoms with van der Waals surface area (Å²) in [7, 11) is 1.65. The summed E-state index contributed by atoms with van der Waals surface area (Å²) in [6.45, 7) is 6.24. The van der Waals surface area contributed by atoms with Gasteiger partial charge in [0.15, 0.2) is 0 Å². The van der Waals surface area contributed by atoms with Crippen LogP contribution in [-0.4, -0.2) is 84.5 Å². The van der Waals surface area contributed by atoms with Gasteiger partial charge in [0, 0.05) is 49.7 Å². The van der Waals surface area contributed by atoms with Crippen LogP contribution in [0, 0.1) is 11.7 Å². The van der Waals surface area contributed by atoms with Gasteiger partial charge in [-0.15, -0.1) is 0 Å². The van der Waals surface area contributed by atoms with Crippen LogP contribution in [0.3, 0.4) is 0 Å². The van der Waals surface area contributed by atoms with Gasteiger partial charge in [-0.2, -0.15) is 0 Å². The van der Waals surface area contributed by atoms with Gasteiger partial charge in [0.05, 0.1) is 30.4 Å². The molecule has 0 saturated carbocycles. The predicted octanol–water partition coefficient (Wildman–Crippen LogP) is 6.43. The fourth-order valence-corrected chi connectivity index (χ4v) is 5.38. The number of nitrogens with zero attached hydrogens (tertiary/aromatic N) is 2. The summed E-state index contributed by atoms with van der Waals surface area (Å²) >= 11 is 0. The van der Waals surface area contributed by atoms with Gasteiger partial charge in [0.2, 0.25) is 0 Å². The van der Waals surface area contributed by atoms with E-state index in [0.29, 0.717) is 35.8 Å². The number of para-hydroxylation sites is 1. The first kappa shape index (κ1) is 36.2. The monoisotopic (exact) mass is 663 g/mol. The molecule has 3 aromatic rings. The number of aliphatic hydroxyl groups excluding tert-OH is 1.